The lowest BCUT2D eigenvalue weighted by molar-refractivity contribution is -0.118. The molecule has 172 valence electrons. The SMILES string of the molecule is CC(C)Oc1cc2nccc(Oc3ccc(CC(=O)CC4CC4)c(Cl)c3)c2c2c1OCCO2. The molecule has 3 aromatic rings. The number of ether oxygens (including phenoxy) is 4. The summed E-state index contributed by atoms with van der Waals surface area (Å²) in [6.07, 6.45) is 4.98. The summed E-state index contributed by atoms with van der Waals surface area (Å²) in [4.78, 5) is 16.7. The summed E-state index contributed by atoms with van der Waals surface area (Å²) in [6, 6.07) is 9.06. The summed E-state index contributed by atoms with van der Waals surface area (Å²) in [5, 5.41) is 1.23. The molecule has 5 rings (SSSR count). The molecule has 1 fully saturated rings. The van der Waals surface area contributed by atoms with Crippen LogP contribution in [0, 0.1) is 5.92 Å². The Bertz CT molecular complexity index is 1200. The van der Waals surface area contributed by atoms with Crippen molar-refractivity contribution in [3.8, 4) is 28.7 Å². The van der Waals surface area contributed by atoms with E-state index in [1.54, 1.807) is 18.3 Å². The number of Topliss-reactive ketones (excluding diaryl/α,β-unsaturated/α-hetero) is 1. The van der Waals surface area contributed by atoms with Crippen molar-refractivity contribution in [3.05, 3.63) is 47.1 Å². The van der Waals surface area contributed by atoms with Gasteiger partial charge >= 0.3 is 0 Å². The van der Waals surface area contributed by atoms with Crippen LogP contribution in [0.3, 0.4) is 0 Å². The number of fused-ring (bicyclic) bond motifs is 3. The zero-order chi connectivity index (χ0) is 22.9. The lowest BCUT2D eigenvalue weighted by atomic mass is 10.0. The van der Waals surface area contributed by atoms with Crippen molar-refractivity contribution in [3.63, 3.8) is 0 Å². The van der Waals surface area contributed by atoms with E-state index in [1.165, 1.54) is 0 Å². The van der Waals surface area contributed by atoms with Crippen molar-refractivity contribution in [2.24, 2.45) is 5.92 Å². The molecule has 1 aromatic heterocycles. The molecule has 2 aliphatic rings. The van der Waals surface area contributed by atoms with Crippen LogP contribution in [0.25, 0.3) is 10.9 Å². The first-order valence-electron chi connectivity index (χ1n) is 11.3. The van der Waals surface area contributed by atoms with Crippen molar-refractivity contribution >= 4 is 28.3 Å². The fraction of sp³-hybridized carbons (Fsp3) is 0.385. The summed E-state index contributed by atoms with van der Waals surface area (Å²) >= 11 is 6.49. The Kier molecular flexibility index (Phi) is 6.02. The van der Waals surface area contributed by atoms with Crippen molar-refractivity contribution < 1.29 is 23.7 Å². The average molecular weight is 468 g/mol. The maximum absolute atomic E-state index is 12.2. The number of benzene rings is 2. The molecule has 7 heteroatoms. The summed E-state index contributed by atoms with van der Waals surface area (Å²) in [5.74, 6) is 3.66. The molecular weight excluding hydrogens is 442 g/mol. The normalized spacial score (nSPS) is 15.0. The van der Waals surface area contributed by atoms with Gasteiger partial charge in [-0.1, -0.05) is 17.7 Å². The third-order valence-electron chi connectivity index (χ3n) is 5.66. The Balaban J connectivity index is 1.45. The molecule has 6 nitrogen and oxygen atoms in total. The second-order valence-electron chi connectivity index (χ2n) is 8.82. The number of halogens is 1. The van der Waals surface area contributed by atoms with Gasteiger partial charge in [-0.15, -0.1) is 0 Å². The Hall–Kier alpha value is -2.99. The van der Waals surface area contributed by atoms with Gasteiger partial charge in [0.25, 0.3) is 0 Å². The van der Waals surface area contributed by atoms with Gasteiger partial charge in [-0.25, -0.2) is 0 Å². The highest BCUT2D eigenvalue weighted by atomic mass is 35.5. The third kappa shape index (κ3) is 4.86. The van der Waals surface area contributed by atoms with E-state index in [-0.39, 0.29) is 11.9 Å². The van der Waals surface area contributed by atoms with E-state index in [0.29, 0.717) is 76.6 Å². The Morgan fingerprint density at radius 2 is 1.91 bits per heavy atom. The van der Waals surface area contributed by atoms with Crippen molar-refractivity contribution in [1.29, 1.82) is 0 Å². The zero-order valence-corrected chi connectivity index (χ0v) is 19.5. The highest BCUT2D eigenvalue weighted by molar-refractivity contribution is 6.31. The van der Waals surface area contributed by atoms with E-state index in [4.69, 9.17) is 30.5 Å². The number of ketones is 1. The minimum Gasteiger partial charge on any atom is -0.487 e. The van der Waals surface area contributed by atoms with Crippen LogP contribution < -0.4 is 18.9 Å². The summed E-state index contributed by atoms with van der Waals surface area (Å²) in [7, 11) is 0. The smallest absolute Gasteiger partial charge is 0.204 e. The minimum atomic E-state index is -0.0201. The number of pyridine rings is 1. The highest BCUT2D eigenvalue weighted by Crippen LogP contribution is 2.48. The lowest BCUT2D eigenvalue weighted by Gasteiger charge is -2.24. The number of hydrogen-bond donors (Lipinski definition) is 0. The van der Waals surface area contributed by atoms with Crippen molar-refractivity contribution in [1.82, 2.24) is 4.98 Å². The third-order valence-corrected chi connectivity index (χ3v) is 6.01. The molecule has 0 atom stereocenters. The standard InChI is InChI=1S/C26H26ClNO5/c1-15(2)32-23-14-21-24(26-25(23)30-9-10-31-26)22(7-8-28-21)33-19-6-5-17(20(27)13-19)12-18(29)11-16-3-4-16/h5-8,13-16H,3-4,9-12H2,1-2H3. The maximum atomic E-state index is 12.2. The molecule has 0 bridgehead atoms. The second-order valence-corrected chi connectivity index (χ2v) is 9.23. The molecule has 0 saturated heterocycles. The molecule has 0 N–H and O–H groups in total. The van der Waals surface area contributed by atoms with Gasteiger partial charge in [-0.05, 0) is 56.4 Å². The first-order valence-corrected chi connectivity index (χ1v) is 11.7. The van der Waals surface area contributed by atoms with Gasteiger partial charge in [-0.3, -0.25) is 9.78 Å². The van der Waals surface area contributed by atoms with Crippen LogP contribution in [0.5, 0.6) is 28.7 Å². The molecule has 1 aliphatic carbocycles. The molecule has 0 unspecified atom stereocenters. The monoisotopic (exact) mass is 467 g/mol. The van der Waals surface area contributed by atoms with Gasteiger partial charge in [0.05, 0.1) is 17.0 Å². The predicted octanol–water partition coefficient (Wildman–Crippen LogP) is 6.15. The second kappa shape index (κ2) is 9.10. The molecule has 33 heavy (non-hydrogen) atoms. The van der Waals surface area contributed by atoms with Gasteiger partial charge in [0.2, 0.25) is 5.75 Å². The fourth-order valence-electron chi connectivity index (χ4n) is 3.99. The number of carbonyl (C=O) groups is 1. The van der Waals surface area contributed by atoms with Crippen LogP contribution in [-0.4, -0.2) is 30.1 Å². The quantitative estimate of drug-likeness (QED) is 0.395. The van der Waals surface area contributed by atoms with Gasteiger partial charge in [0.1, 0.15) is 30.5 Å². The number of rotatable bonds is 8. The van der Waals surface area contributed by atoms with Gasteiger partial charge in [0, 0.05) is 30.1 Å². The highest BCUT2D eigenvalue weighted by Gasteiger charge is 2.26. The van der Waals surface area contributed by atoms with E-state index in [2.05, 4.69) is 4.98 Å². The minimum absolute atomic E-state index is 0.0201. The topological polar surface area (TPSA) is 66.9 Å². The maximum Gasteiger partial charge on any atom is 0.204 e. The molecule has 1 saturated carbocycles. The van der Waals surface area contributed by atoms with Crippen LogP contribution in [0.4, 0.5) is 0 Å². The van der Waals surface area contributed by atoms with E-state index < -0.39 is 0 Å². The summed E-state index contributed by atoms with van der Waals surface area (Å²) in [6.45, 7) is 4.79. The zero-order valence-electron chi connectivity index (χ0n) is 18.7. The molecular formula is C26H26ClNO5. The lowest BCUT2D eigenvalue weighted by Crippen LogP contribution is -2.17. The molecule has 0 amide bonds. The average Bonchev–Trinajstić information content (AvgIpc) is 3.59. The molecule has 1 aliphatic heterocycles. The van der Waals surface area contributed by atoms with E-state index in [1.807, 2.05) is 32.0 Å². The van der Waals surface area contributed by atoms with Crippen molar-refractivity contribution in [2.75, 3.05) is 13.2 Å². The predicted molar refractivity (Wildman–Crippen MR) is 126 cm³/mol. The number of hydrogen-bond acceptors (Lipinski definition) is 6. The van der Waals surface area contributed by atoms with Gasteiger partial charge < -0.3 is 18.9 Å². The van der Waals surface area contributed by atoms with Crippen molar-refractivity contribution in [2.45, 2.75) is 45.6 Å². The van der Waals surface area contributed by atoms with Gasteiger partial charge in [0.15, 0.2) is 11.5 Å². The van der Waals surface area contributed by atoms with Crippen LogP contribution in [0.2, 0.25) is 5.02 Å². The van der Waals surface area contributed by atoms with E-state index >= 15 is 0 Å². The van der Waals surface area contributed by atoms with E-state index in [0.717, 1.165) is 18.4 Å². The first-order chi connectivity index (χ1) is 16.0. The molecule has 2 aromatic carbocycles. The van der Waals surface area contributed by atoms with Gasteiger partial charge in [-0.2, -0.15) is 0 Å². The van der Waals surface area contributed by atoms with Crippen LogP contribution in [-0.2, 0) is 11.2 Å². The molecule has 0 spiro atoms. The number of aromatic nitrogens is 1. The Morgan fingerprint density at radius 1 is 1.12 bits per heavy atom. The molecule has 0 radical (unpaired) electrons. The van der Waals surface area contributed by atoms with Crippen LogP contribution in [0.1, 0.15) is 38.7 Å². The molecule has 2 heterocycles. The first kappa shape index (κ1) is 21.8. The Labute approximate surface area is 197 Å². The largest absolute Gasteiger partial charge is 0.487 e. The van der Waals surface area contributed by atoms with Crippen LogP contribution in [0.15, 0.2) is 36.5 Å². The summed E-state index contributed by atoms with van der Waals surface area (Å²) < 4.78 is 24.0. The van der Waals surface area contributed by atoms with Crippen LogP contribution >= 0.6 is 11.6 Å². The Morgan fingerprint density at radius 3 is 2.64 bits per heavy atom. The van der Waals surface area contributed by atoms with E-state index in [9.17, 15) is 4.79 Å². The fourth-order valence-corrected chi connectivity index (χ4v) is 4.23. The number of nitrogens with zero attached hydrogens (tertiary/aromatic N) is 1. The summed E-state index contributed by atoms with van der Waals surface area (Å²) in [5.41, 5.74) is 1.50. The number of carbonyl (C=O) groups excluding carboxylic acids is 1.